The Kier molecular flexibility index (Phi) is 5.50. The molecule has 6 heterocycles. The van der Waals surface area contributed by atoms with Gasteiger partial charge in [-0.2, -0.15) is 5.26 Å². The molecule has 0 spiro atoms. The molecule has 5 aliphatic heterocycles. The first-order valence-electron chi connectivity index (χ1n) is 12.8. The van der Waals surface area contributed by atoms with Crippen LogP contribution in [0.3, 0.4) is 0 Å². The van der Waals surface area contributed by atoms with Crippen molar-refractivity contribution in [3.05, 3.63) is 71.1 Å². The van der Waals surface area contributed by atoms with Gasteiger partial charge in [-0.15, -0.1) is 5.10 Å². The Morgan fingerprint density at radius 2 is 1.95 bits per heavy atom. The molecule has 0 amide bonds. The lowest BCUT2D eigenvalue weighted by molar-refractivity contribution is 0.228. The first-order chi connectivity index (χ1) is 18.1. The van der Waals surface area contributed by atoms with Gasteiger partial charge in [0.15, 0.2) is 0 Å². The molecule has 7 nitrogen and oxygen atoms in total. The lowest BCUT2D eigenvalue weighted by Crippen LogP contribution is -2.46. The summed E-state index contributed by atoms with van der Waals surface area (Å²) in [6.07, 6.45) is 2.09. The largest absolute Gasteiger partial charge is 0.616 e. The number of hydrogen-bond donors (Lipinski definition) is 1. The highest BCUT2D eigenvalue weighted by atomic mass is 32.2. The van der Waals surface area contributed by atoms with Crippen molar-refractivity contribution in [2.75, 3.05) is 48.7 Å². The molecule has 0 radical (unpaired) electrons. The van der Waals surface area contributed by atoms with Crippen LogP contribution in [0.2, 0.25) is 0 Å². The molecule has 3 fully saturated rings. The van der Waals surface area contributed by atoms with Crippen molar-refractivity contribution in [2.24, 2.45) is 0 Å². The number of fused-ring (bicyclic) bond motifs is 4. The summed E-state index contributed by atoms with van der Waals surface area (Å²) in [5.74, 6) is 0.950. The minimum absolute atomic E-state index is 0.0265. The summed E-state index contributed by atoms with van der Waals surface area (Å²) in [7, 11) is 0. The number of nitrogens with zero attached hydrogens (tertiary/aromatic N) is 5. The molecule has 3 atom stereocenters. The van der Waals surface area contributed by atoms with E-state index in [0.29, 0.717) is 11.6 Å². The third kappa shape index (κ3) is 4.00. The minimum atomic E-state index is -0.689. The summed E-state index contributed by atoms with van der Waals surface area (Å²) in [5, 5.41) is 17.8. The lowest BCUT2D eigenvalue weighted by Gasteiger charge is -2.41. The van der Waals surface area contributed by atoms with Crippen LogP contribution in [0.15, 0.2) is 59.7 Å². The predicted octanol–water partition coefficient (Wildman–Crippen LogP) is 3.69. The van der Waals surface area contributed by atoms with Gasteiger partial charge in [-0.05, 0) is 65.1 Å². The second-order valence-corrected chi connectivity index (χ2v) is 12.1. The van der Waals surface area contributed by atoms with E-state index in [1.54, 1.807) is 6.07 Å². The number of anilines is 2. The van der Waals surface area contributed by atoms with E-state index in [1.165, 1.54) is 23.3 Å². The van der Waals surface area contributed by atoms with Gasteiger partial charge in [0.1, 0.15) is 28.7 Å². The molecule has 188 valence electrons. The van der Waals surface area contributed by atoms with Gasteiger partial charge in [0.25, 0.3) is 0 Å². The number of benzene rings is 2. The van der Waals surface area contributed by atoms with E-state index in [1.807, 2.05) is 29.0 Å². The van der Waals surface area contributed by atoms with Crippen LogP contribution in [0.1, 0.15) is 18.4 Å². The topological polar surface area (TPSA) is 83.2 Å². The SMILES string of the molecule is N#Cc1ccc(-c2cc(NCC3=C4CN(CC3)C4)nn2-c2ccc(N3CC4CC3C[S+]4[O-])cc2)cc1F. The molecule has 3 saturated heterocycles. The van der Waals surface area contributed by atoms with Gasteiger partial charge < -0.3 is 14.8 Å². The second kappa shape index (κ2) is 8.91. The Bertz CT molecular complexity index is 1430. The Balaban J connectivity index is 1.19. The number of aromatic nitrogens is 2. The smallest absolute Gasteiger partial charge is 0.149 e. The van der Waals surface area contributed by atoms with Gasteiger partial charge >= 0.3 is 0 Å². The van der Waals surface area contributed by atoms with Crippen molar-refractivity contribution in [2.45, 2.75) is 24.1 Å². The molecule has 0 aliphatic carbocycles. The zero-order valence-corrected chi connectivity index (χ0v) is 21.2. The third-order valence-corrected chi connectivity index (χ3v) is 9.97. The Hall–Kier alpha value is -3.32. The highest BCUT2D eigenvalue weighted by Crippen LogP contribution is 2.37. The van der Waals surface area contributed by atoms with Crippen LogP contribution >= 0.6 is 0 Å². The Morgan fingerprint density at radius 1 is 1.14 bits per heavy atom. The summed E-state index contributed by atoms with van der Waals surface area (Å²) >= 11 is -0.689. The number of rotatable bonds is 6. The minimum Gasteiger partial charge on any atom is -0.616 e. The van der Waals surface area contributed by atoms with Gasteiger partial charge in [0, 0.05) is 49.9 Å². The standard InChI is InChI=1S/C28H27FN6OS/c29-26-9-18(1-2-19(26)12-30)27-11-28(31-13-20-7-8-33-14-21(20)15-33)32-35(27)23-5-3-22(4-6-23)34-16-25-10-24(34)17-37(25)36/h1-6,9,11,24-25H,7-8,10,13-17H2,(H,31,32). The third-order valence-electron chi connectivity index (χ3n) is 8.17. The van der Waals surface area contributed by atoms with Crippen molar-refractivity contribution >= 4 is 22.7 Å². The van der Waals surface area contributed by atoms with E-state index < -0.39 is 17.0 Å². The summed E-state index contributed by atoms with van der Waals surface area (Å²) in [4.78, 5) is 4.81. The molecule has 1 aromatic heterocycles. The summed E-state index contributed by atoms with van der Waals surface area (Å²) in [5.41, 5.74) is 6.44. The normalized spacial score (nSPS) is 24.4. The number of halogens is 1. The van der Waals surface area contributed by atoms with Crippen LogP contribution < -0.4 is 10.2 Å². The van der Waals surface area contributed by atoms with Crippen LogP contribution in [0.5, 0.6) is 0 Å². The van der Waals surface area contributed by atoms with Crippen LogP contribution in [-0.2, 0) is 11.2 Å². The second-order valence-electron chi connectivity index (χ2n) is 10.4. The van der Waals surface area contributed by atoms with Crippen molar-refractivity contribution < 1.29 is 8.94 Å². The summed E-state index contributed by atoms with van der Waals surface area (Å²) in [6, 6.07) is 17.1. The highest BCUT2D eigenvalue weighted by Gasteiger charge is 2.47. The van der Waals surface area contributed by atoms with Gasteiger partial charge in [-0.1, -0.05) is 6.07 Å². The zero-order chi connectivity index (χ0) is 25.1. The number of nitriles is 1. The predicted molar refractivity (Wildman–Crippen MR) is 143 cm³/mol. The van der Waals surface area contributed by atoms with Crippen LogP contribution in [0.4, 0.5) is 15.9 Å². The number of hydrogen-bond acceptors (Lipinski definition) is 6. The highest BCUT2D eigenvalue weighted by molar-refractivity contribution is 7.92. The molecule has 8 rings (SSSR count). The van der Waals surface area contributed by atoms with Gasteiger partial charge in [-0.3, -0.25) is 4.90 Å². The average molecular weight is 515 g/mol. The quantitative estimate of drug-likeness (QED) is 0.399. The molecule has 5 aliphatic rings. The molecule has 1 N–H and O–H groups in total. The Labute approximate surface area is 218 Å². The fourth-order valence-electron chi connectivity index (χ4n) is 6.04. The molecule has 2 aromatic carbocycles. The molecular weight excluding hydrogens is 487 g/mol. The van der Waals surface area contributed by atoms with E-state index in [4.69, 9.17) is 10.4 Å². The lowest BCUT2D eigenvalue weighted by atomic mass is 9.92. The molecule has 4 bridgehead atoms. The molecule has 0 saturated carbocycles. The van der Waals surface area contributed by atoms with Crippen LogP contribution in [0.25, 0.3) is 16.9 Å². The van der Waals surface area contributed by atoms with Crippen molar-refractivity contribution in [3.63, 3.8) is 0 Å². The maximum absolute atomic E-state index is 14.5. The van der Waals surface area contributed by atoms with Gasteiger partial charge in [-0.25, -0.2) is 9.07 Å². The summed E-state index contributed by atoms with van der Waals surface area (Å²) < 4.78 is 28.5. The maximum atomic E-state index is 14.5. The molecule has 37 heavy (non-hydrogen) atoms. The first kappa shape index (κ1) is 22.8. The van der Waals surface area contributed by atoms with Gasteiger partial charge in [0.2, 0.25) is 0 Å². The van der Waals surface area contributed by atoms with E-state index >= 15 is 0 Å². The van der Waals surface area contributed by atoms with Gasteiger partial charge in [0.05, 0.1) is 29.5 Å². The van der Waals surface area contributed by atoms with E-state index in [2.05, 4.69) is 27.2 Å². The van der Waals surface area contributed by atoms with Crippen molar-refractivity contribution in [1.82, 2.24) is 14.7 Å². The van der Waals surface area contributed by atoms with E-state index in [0.717, 1.165) is 74.2 Å². The van der Waals surface area contributed by atoms with Crippen molar-refractivity contribution in [3.8, 4) is 23.0 Å². The maximum Gasteiger partial charge on any atom is 0.149 e. The fourth-order valence-corrected chi connectivity index (χ4v) is 7.77. The molecular formula is C28H27FN6OS. The first-order valence-corrected chi connectivity index (χ1v) is 14.1. The fraction of sp³-hybridized carbons (Fsp3) is 0.357. The van der Waals surface area contributed by atoms with E-state index in [9.17, 15) is 8.94 Å². The van der Waals surface area contributed by atoms with E-state index in [-0.39, 0.29) is 10.8 Å². The molecule has 9 heteroatoms. The molecule has 3 unspecified atom stereocenters. The Morgan fingerprint density at radius 3 is 2.59 bits per heavy atom. The summed E-state index contributed by atoms with van der Waals surface area (Å²) in [6.45, 7) is 4.90. The van der Waals surface area contributed by atoms with Crippen LogP contribution in [-0.4, -0.2) is 69.0 Å². The van der Waals surface area contributed by atoms with Crippen LogP contribution in [0, 0.1) is 17.1 Å². The molecule has 3 aromatic rings. The van der Waals surface area contributed by atoms with Crippen molar-refractivity contribution in [1.29, 1.82) is 5.26 Å². The zero-order valence-electron chi connectivity index (χ0n) is 20.4. The monoisotopic (exact) mass is 514 g/mol. The number of nitrogens with one attached hydrogen (secondary N) is 1. The average Bonchev–Trinajstić information content (AvgIpc) is 3.61.